The van der Waals surface area contributed by atoms with Crippen molar-refractivity contribution >= 4 is 34.7 Å². The molecule has 0 radical (unpaired) electrons. The third kappa shape index (κ3) is 3.75. The SMILES string of the molecule is Cc1cc(Cl)ccc1Nc1nncc(Nc2ccc(F)c(F)c2)n1. The van der Waals surface area contributed by atoms with Crippen LogP contribution in [0, 0.1) is 18.6 Å². The van der Waals surface area contributed by atoms with Crippen molar-refractivity contribution in [1.29, 1.82) is 0 Å². The molecule has 0 aliphatic carbocycles. The van der Waals surface area contributed by atoms with Crippen molar-refractivity contribution in [3.63, 3.8) is 0 Å². The molecular weight excluding hydrogens is 336 g/mol. The van der Waals surface area contributed by atoms with E-state index in [1.54, 1.807) is 18.2 Å². The average molecular weight is 348 g/mol. The summed E-state index contributed by atoms with van der Waals surface area (Å²) < 4.78 is 26.2. The summed E-state index contributed by atoms with van der Waals surface area (Å²) in [5.74, 6) is -1.27. The largest absolute Gasteiger partial charge is 0.339 e. The fourth-order valence-electron chi connectivity index (χ4n) is 2.03. The van der Waals surface area contributed by atoms with E-state index in [4.69, 9.17) is 11.6 Å². The van der Waals surface area contributed by atoms with Gasteiger partial charge in [0, 0.05) is 22.5 Å². The second-order valence-corrected chi connectivity index (χ2v) is 5.44. The van der Waals surface area contributed by atoms with Gasteiger partial charge in [-0.15, -0.1) is 5.10 Å². The predicted octanol–water partition coefficient (Wildman–Crippen LogP) is 4.60. The molecule has 0 unspecified atom stereocenters. The molecule has 0 saturated heterocycles. The predicted molar refractivity (Wildman–Crippen MR) is 88.9 cm³/mol. The standard InChI is InChI=1S/C16H12ClF2N5/c1-9-6-10(17)2-5-14(9)22-16-23-15(8-20-24-16)21-11-3-4-12(18)13(19)7-11/h2-8H,1H3,(H2,21,22,23,24). The second-order valence-electron chi connectivity index (χ2n) is 5.00. The minimum absolute atomic E-state index is 0.257. The second kappa shape index (κ2) is 6.76. The summed E-state index contributed by atoms with van der Waals surface area (Å²) in [6, 6.07) is 8.82. The molecule has 1 aromatic heterocycles. The minimum Gasteiger partial charge on any atom is -0.339 e. The van der Waals surface area contributed by atoms with Crippen LogP contribution in [0.4, 0.5) is 31.9 Å². The average Bonchev–Trinajstić information content (AvgIpc) is 2.54. The van der Waals surface area contributed by atoms with Crippen molar-refractivity contribution in [3.8, 4) is 0 Å². The molecule has 24 heavy (non-hydrogen) atoms. The Labute approximate surface area is 141 Å². The molecule has 3 rings (SSSR count). The van der Waals surface area contributed by atoms with Crippen molar-refractivity contribution in [3.05, 3.63) is 64.8 Å². The van der Waals surface area contributed by atoms with Gasteiger partial charge in [-0.05, 0) is 42.8 Å². The smallest absolute Gasteiger partial charge is 0.249 e. The Hall–Kier alpha value is -2.80. The maximum absolute atomic E-state index is 13.2. The highest BCUT2D eigenvalue weighted by atomic mass is 35.5. The molecule has 0 aliphatic heterocycles. The summed E-state index contributed by atoms with van der Waals surface area (Å²) in [5.41, 5.74) is 2.05. The van der Waals surface area contributed by atoms with Gasteiger partial charge in [0.1, 0.15) is 0 Å². The van der Waals surface area contributed by atoms with Crippen LogP contribution in [0.1, 0.15) is 5.56 Å². The lowest BCUT2D eigenvalue weighted by Crippen LogP contribution is -2.03. The van der Waals surface area contributed by atoms with Gasteiger partial charge in [-0.3, -0.25) is 0 Å². The van der Waals surface area contributed by atoms with E-state index < -0.39 is 11.6 Å². The van der Waals surface area contributed by atoms with Crippen LogP contribution in [-0.4, -0.2) is 15.2 Å². The van der Waals surface area contributed by atoms with E-state index >= 15 is 0 Å². The number of halogens is 3. The van der Waals surface area contributed by atoms with Gasteiger partial charge in [0.25, 0.3) is 0 Å². The summed E-state index contributed by atoms with van der Waals surface area (Å²) in [5, 5.41) is 14.2. The van der Waals surface area contributed by atoms with Gasteiger partial charge in [-0.2, -0.15) is 10.1 Å². The molecule has 0 atom stereocenters. The number of benzene rings is 2. The van der Waals surface area contributed by atoms with Gasteiger partial charge in [0.05, 0.1) is 6.20 Å². The minimum atomic E-state index is -0.947. The molecule has 5 nitrogen and oxygen atoms in total. The molecule has 3 aromatic rings. The van der Waals surface area contributed by atoms with Gasteiger partial charge in [-0.25, -0.2) is 8.78 Å². The van der Waals surface area contributed by atoms with Crippen LogP contribution in [-0.2, 0) is 0 Å². The van der Waals surface area contributed by atoms with Gasteiger partial charge < -0.3 is 10.6 Å². The Bertz CT molecular complexity index is 888. The number of aryl methyl sites for hydroxylation is 1. The van der Waals surface area contributed by atoms with Crippen LogP contribution in [0.2, 0.25) is 5.02 Å². The van der Waals surface area contributed by atoms with E-state index in [1.165, 1.54) is 12.3 Å². The lowest BCUT2D eigenvalue weighted by Gasteiger charge is -2.10. The molecule has 122 valence electrons. The zero-order valence-electron chi connectivity index (χ0n) is 12.5. The highest BCUT2D eigenvalue weighted by Gasteiger charge is 2.06. The lowest BCUT2D eigenvalue weighted by atomic mass is 10.2. The molecule has 8 heteroatoms. The van der Waals surface area contributed by atoms with Gasteiger partial charge in [0.15, 0.2) is 17.5 Å². The Morgan fingerprint density at radius 2 is 1.83 bits per heavy atom. The summed E-state index contributed by atoms with van der Waals surface area (Å²) in [4.78, 5) is 4.23. The van der Waals surface area contributed by atoms with E-state index in [2.05, 4.69) is 25.8 Å². The summed E-state index contributed by atoms with van der Waals surface area (Å²) in [7, 11) is 0. The van der Waals surface area contributed by atoms with E-state index in [9.17, 15) is 8.78 Å². The van der Waals surface area contributed by atoms with Crippen LogP contribution in [0.3, 0.4) is 0 Å². The lowest BCUT2D eigenvalue weighted by molar-refractivity contribution is 0.509. The number of nitrogens with one attached hydrogen (secondary N) is 2. The summed E-state index contributed by atoms with van der Waals surface area (Å²) in [6.07, 6.45) is 1.38. The summed E-state index contributed by atoms with van der Waals surface area (Å²) in [6.45, 7) is 1.89. The molecular formula is C16H12ClF2N5. The topological polar surface area (TPSA) is 62.7 Å². The van der Waals surface area contributed by atoms with E-state index in [0.29, 0.717) is 16.5 Å². The van der Waals surface area contributed by atoms with Gasteiger partial charge in [-0.1, -0.05) is 11.6 Å². The first-order valence-corrected chi connectivity index (χ1v) is 7.34. The highest BCUT2D eigenvalue weighted by molar-refractivity contribution is 6.30. The quantitative estimate of drug-likeness (QED) is 0.722. The first-order chi connectivity index (χ1) is 11.5. The van der Waals surface area contributed by atoms with Crippen LogP contribution < -0.4 is 10.6 Å². The van der Waals surface area contributed by atoms with Gasteiger partial charge >= 0.3 is 0 Å². The number of anilines is 4. The number of nitrogens with zero attached hydrogens (tertiary/aromatic N) is 3. The third-order valence-electron chi connectivity index (χ3n) is 3.19. The van der Waals surface area contributed by atoms with Crippen LogP contribution in [0.25, 0.3) is 0 Å². The molecule has 2 aromatic carbocycles. The normalized spacial score (nSPS) is 10.5. The van der Waals surface area contributed by atoms with Crippen LogP contribution >= 0.6 is 11.6 Å². The Balaban J connectivity index is 1.79. The molecule has 1 heterocycles. The molecule has 0 bridgehead atoms. The molecule has 2 N–H and O–H groups in total. The fourth-order valence-corrected chi connectivity index (χ4v) is 2.25. The number of aromatic nitrogens is 3. The maximum Gasteiger partial charge on any atom is 0.249 e. The monoisotopic (exact) mass is 347 g/mol. The molecule has 0 aliphatic rings. The van der Waals surface area contributed by atoms with Crippen molar-refractivity contribution in [2.75, 3.05) is 10.6 Å². The molecule has 0 amide bonds. The third-order valence-corrected chi connectivity index (χ3v) is 3.42. The number of rotatable bonds is 4. The zero-order chi connectivity index (χ0) is 17.1. The first-order valence-electron chi connectivity index (χ1n) is 6.96. The Morgan fingerprint density at radius 3 is 2.58 bits per heavy atom. The number of hydrogen-bond donors (Lipinski definition) is 2. The molecule has 0 spiro atoms. The highest BCUT2D eigenvalue weighted by Crippen LogP contribution is 2.23. The van der Waals surface area contributed by atoms with Crippen molar-refractivity contribution < 1.29 is 8.78 Å². The van der Waals surface area contributed by atoms with E-state index in [-0.39, 0.29) is 5.95 Å². The van der Waals surface area contributed by atoms with Crippen molar-refractivity contribution in [2.45, 2.75) is 6.92 Å². The van der Waals surface area contributed by atoms with Crippen LogP contribution in [0.15, 0.2) is 42.6 Å². The zero-order valence-corrected chi connectivity index (χ0v) is 13.3. The van der Waals surface area contributed by atoms with Crippen molar-refractivity contribution in [2.24, 2.45) is 0 Å². The van der Waals surface area contributed by atoms with Crippen LogP contribution in [0.5, 0.6) is 0 Å². The molecule has 0 fully saturated rings. The number of hydrogen-bond acceptors (Lipinski definition) is 5. The Morgan fingerprint density at radius 1 is 1.00 bits per heavy atom. The first kappa shape index (κ1) is 16.1. The van der Waals surface area contributed by atoms with Gasteiger partial charge in [0.2, 0.25) is 5.95 Å². The summed E-state index contributed by atoms with van der Waals surface area (Å²) >= 11 is 5.92. The van der Waals surface area contributed by atoms with E-state index in [1.807, 2.05) is 6.92 Å². The van der Waals surface area contributed by atoms with Crippen molar-refractivity contribution in [1.82, 2.24) is 15.2 Å². The van der Waals surface area contributed by atoms with E-state index in [0.717, 1.165) is 23.4 Å². The Kier molecular flexibility index (Phi) is 4.52. The maximum atomic E-state index is 13.2. The molecule has 0 saturated carbocycles. The fraction of sp³-hybridized carbons (Fsp3) is 0.0625.